The van der Waals surface area contributed by atoms with E-state index >= 15 is 0 Å². The first kappa shape index (κ1) is 19.7. The Kier molecular flexibility index (Phi) is 4.78. The molecule has 32 heavy (non-hydrogen) atoms. The van der Waals surface area contributed by atoms with Crippen LogP contribution in [0.25, 0.3) is 33.7 Å². The molecule has 0 amide bonds. The lowest BCUT2D eigenvalue weighted by molar-refractivity contribution is -0.137. The summed E-state index contributed by atoms with van der Waals surface area (Å²) in [7, 11) is 0. The molecule has 9 heteroatoms. The molecule has 0 aliphatic rings. The Balaban J connectivity index is 1.67. The number of para-hydroxylation sites is 1. The minimum absolute atomic E-state index is 0.0862. The Bertz CT molecular complexity index is 1400. The Morgan fingerprint density at radius 1 is 0.719 bits per heavy atom. The van der Waals surface area contributed by atoms with Crippen molar-refractivity contribution in [2.75, 3.05) is 5.32 Å². The Morgan fingerprint density at radius 2 is 1.41 bits per heavy atom. The molecule has 0 saturated heterocycles. The topological polar surface area (TPSA) is 79.4 Å². The van der Waals surface area contributed by atoms with Crippen LogP contribution in [0.3, 0.4) is 0 Å². The van der Waals surface area contributed by atoms with Crippen molar-refractivity contribution < 1.29 is 13.2 Å². The largest absolute Gasteiger partial charge is 0.417 e. The molecule has 2 N–H and O–H groups in total. The Labute approximate surface area is 180 Å². The van der Waals surface area contributed by atoms with Crippen molar-refractivity contribution in [3.8, 4) is 22.8 Å². The average Bonchev–Trinajstić information content (AvgIpc) is 3.22. The third-order valence-electron chi connectivity index (χ3n) is 4.84. The molecule has 5 rings (SSSR count). The smallest absolute Gasteiger partial charge is 0.307 e. The van der Waals surface area contributed by atoms with Gasteiger partial charge in [-0.1, -0.05) is 60.7 Å². The molecule has 0 unspecified atom stereocenters. The monoisotopic (exact) mass is 432 g/mol. The number of nitrogens with zero attached hydrogens (tertiary/aromatic N) is 4. The van der Waals surface area contributed by atoms with Crippen LogP contribution in [-0.2, 0) is 6.18 Å². The van der Waals surface area contributed by atoms with E-state index in [-0.39, 0.29) is 23.2 Å². The van der Waals surface area contributed by atoms with Crippen LogP contribution in [-0.4, -0.2) is 25.1 Å². The average molecular weight is 432 g/mol. The highest BCUT2D eigenvalue weighted by atomic mass is 19.4. The van der Waals surface area contributed by atoms with Crippen molar-refractivity contribution in [1.82, 2.24) is 25.1 Å². The minimum atomic E-state index is -4.55. The lowest BCUT2D eigenvalue weighted by Crippen LogP contribution is -2.10. The van der Waals surface area contributed by atoms with E-state index in [0.29, 0.717) is 11.4 Å². The molecule has 0 atom stereocenters. The maximum absolute atomic E-state index is 13.6. The predicted molar refractivity (Wildman–Crippen MR) is 115 cm³/mol. The summed E-state index contributed by atoms with van der Waals surface area (Å²) in [6.45, 7) is 0. The highest BCUT2D eigenvalue weighted by molar-refractivity contribution is 5.90. The number of alkyl halides is 3. The van der Waals surface area contributed by atoms with Gasteiger partial charge in [0.2, 0.25) is 5.95 Å². The summed E-state index contributed by atoms with van der Waals surface area (Å²) in [5.74, 6) is 0.702. The van der Waals surface area contributed by atoms with Crippen molar-refractivity contribution in [3.63, 3.8) is 0 Å². The molecule has 0 spiro atoms. The van der Waals surface area contributed by atoms with E-state index in [9.17, 15) is 13.2 Å². The van der Waals surface area contributed by atoms with Gasteiger partial charge in [-0.15, -0.1) is 0 Å². The van der Waals surface area contributed by atoms with Gasteiger partial charge in [-0.2, -0.15) is 28.2 Å². The van der Waals surface area contributed by atoms with Crippen LogP contribution in [0.15, 0.2) is 78.9 Å². The summed E-state index contributed by atoms with van der Waals surface area (Å²) in [6.07, 6.45) is -4.55. The van der Waals surface area contributed by atoms with Gasteiger partial charge in [0.15, 0.2) is 17.5 Å². The highest BCUT2D eigenvalue weighted by Crippen LogP contribution is 2.36. The standard InChI is InChI=1S/C23H15F3N6/c24-23(25,26)17-12-6-4-10-15(17)20-27-19(14-8-2-1-3-9-14)28-22(29-20)30-21-16-11-5-7-13-18(16)31-32-21/h1-13H,(H2,27,28,29,30,31,32). The van der Waals surface area contributed by atoms with Gasteiger partial charge in [-0.05, 0) is 18.2 Å². The zero-order chi connectivity index (χ0) is 22.1. The lowest BCUT2D eigenvalue weighted by atomic mass is 10.1. The summed E-state index contributed by atoms with van der Waals surface area (Å²) >= 11 is 0. The molecule has 158 valence electrons. The van der Waals surface area contributed by atoms with Crippen LogP contribution in [0.2, 0.25) is 0 Å². The predicted octanol–water partition coefficient (Wildman–Crippen LogP) is 5.84. The number of halogens is 3. The first-order chi connectivity index (χ1) is 15.5. The summed E-state index contributed by atoms with van der Waals surface area (Å²) in [6, 6.07) is 21.7. The zero-order valence-corrected chi connectivity index (χ0v) is 16.4. The number of rotatable bonds is 4. The molecule has 2 heterocycles. The number of hydrogen-bond donors (Lipinski definition) is 2. The van der Waals surface area contributed by atoms with Crippen LogP contribution < -0.4 is 5.32 Å². The zero-order valence-electron chi connectivity index (χ0n) is 16.4. The van der Waals surface area contributed by atoms with Crippen LogP contribution in [0.5, 0.6) is 0 Å². The maximum atomic E-state index is 13.6. The Hall–Kier alpha value is -4.27. The fourth-order valence-electron chi connectivity index (χ4n) is 3.36. The molecule has 6 nitrogen and oxygen atoms in total. The van der Waals surface area contributed by atoms with Gasteiger partial charge in [0, 0.05) is 16.5 Å². The molecular weight excluding hydrogens is 417 g/mol. The van der Waals surface area contributed by atoms with Gasteiger partial charge in [0.25, 0.3) is 0 Å². The molecule has 5 aromatic rings. The third-order valence-corrected chi connectivity index (χ3v) is 4.84. The molecule has 0 aliphatic carbocycles. The van der Waals surface area contributed by atoms with Crippen molar-refractivity contribution >= 4 is 22.7 Å². The van der Waals surface area contributed by atoms with E-state index in [2.05, 4.69) is 30.5 Å². The number of benzene rings is 3. The van der Waals surface area contributed by atoms with Crippen molar-refractivity contribution in [3.05, 3.63) is 84.4 Å². The summed E-state index contributed by atoms with van der Waals surface area (Å²) < 4.78 is 40.9. The second-order valence-electron chi connectivity index (χ2n) is 6.96. The molecule has 2 aromatic heterocycles. The molecule has 0 aliphatic heterocycles. The highest BCUT2D eigenvalue weighted by Gasteiger charge is 2.34. The van der Waals surface area contributed by atoms with E-state index in [1.54, 1.807) is 24.3 Å². The van der Waals surface area contributed by atoms with Crippen LogP contribution in [0.4, 0.5) is 24.9 Å². The van der Waals surface area contributed by atoms with Gasteiger partial charge < -0.3 is 5.32 Å². The van der Waals surface area contributed by atoms with E-state index in [0.717, 1.165) is 17.0 Å². The first-order valence-electron chi connectivity index (χ1n) is 9.67. The normalized spacial score (nSPS) is 11.6. The van der Waals surface area contributed by atoms with E-state index in [4.69, 9.17) is 0 Å². The number of aromatic amines is 1. The molecule has 3 aromatic carbocycles. The lowest BCUT2D eigenvalue weighted by Gasteiger charge is -2.13. The molecular formula is C23H15F3N6. The quantitative estimate of drug-likeness (QED) is 0.373. The maximum Gasteiger partial charge on any atom is 0.417 e. The number of hydrogen-bond acceptors (Lipinski definition) is 5. The van der Waals surface area contributed by atoms with E-state index in [1.807, 2.05) is 30.3 Å². The van der Waals surface area contributed by atoms with E-state index < -0.39 is 11.7 Å². The fourth-order valence-corrected chi connectivity index (χ4v) is 3.36. The summed E-state index contributed by atoms with van der Waals surface area (Å²) in [5.41, 5.74) is 0.501. The van der Waals surface area contributed by atoms with E-state index in [1.165, 1.54) is 18.2 Å². The minimum Gasteiger partial charge on any atom is -0.307 e. The summed E-state index contributed by atoms with van der Waals surface area (Å²) in [4.78, 5) is 13.1. The Morgan fingerprint density at radius 3 is 2.22 bits per heavy atom. The number of nitrogens with one attached hydrogen (secondary N) is 2. The van der Waals surface area contributed by atoms with Gasteiger partial charge in [0.05, 0.1) is 11.1 Å². The van der Waals surface area contributed by atoms with Gasteiger partial charge in [-0.25, -0.2) is 4.98 Å². The fraction of sp³-hybridized carbons (Fsp3) is 0.0435. The number of aromatic nitrogens is 5. The number of anilines is 2. The number of H-pyrrole nitrogens is 1. The van der Waals surface area contributed by atoms with Crippen LogP contribution >= 0.6 is 0 Å². The first-order valence-corrected chi connectivity index (χ1v) is 9.67. The van der Waals surface area contributed by atoms with Crippen molar-refractivity contribution in [2.24, 2.45) is 0 Å². The second-order valence-corrected chi connectivity index (χ2v) is 6.96. The molecule has 0 fully saturated rings. The van der Waals surface area contributed by atoms with Crippen LogP contribution in [0, 0.1) is 0 Å². The molecule has 0 saturated carbocycles. The molecule has 0 bridgehead atoms. The summed E-state index contributed by atoms with van der Waals surface area (Å²) in [5, 5.41) is 11.0. The number of fused-ring (bicyclic) bond motifs is 1. The SMILES string of the molecule is FC(F)(F)c1ccccc1-c1nc(Nc2n[nH]c3ccccc23)nc(-c2ccccc2)n1. The third kappa shape index (κ3) is 3.76. The van der Waals surface area contributed by atoms with Crippen molar-refractivity contribution in [2.45, 2.75) is 6.18 Å². The van der Waals surface area contributed by atoms with Crippen molar-refractivity contribution in [1.29, 1.82) is 0 Å². The molecule has 0 radical (unpaired) electrons. The van der Waals surface area contributed by atoms with Crippen LogP contribution in [0.1, 0.15) is 5.56 Å². The van der Waals surface area contributed by atoms with Gasteiger partial charge in [-0.3, -0.25) is 5.10 Å². The second kappa shape index (κ2) is 7.77. The van der Waals surface area contributed by atoms with Gasteiger partial charge >= 0.3 is 6.18 Å². The van der Waals surface area contributed by atoms with Gasteiger partial charge in [0.1, 0.15) is 0 Å².